The average molecular weight is 352 g/mol. The molecule has 2 heterocycles. The van der Waals surface area contributed by atoms with Crippen molar-refractivity contribution in [2.75, 3.05) is 14.2 Å². The molecule has 2 amide bonds. The number of ether oxygens (including phenoxy) is 2. The molecule has 0 saturated carbocycles. The Kier molecular flexibility index (Phi) is 4.85. The zero-order valence-corrected chi connectivity index (χ0v) is 14.4. The second-order valence-corrected chi connectivity index (χ2v) is 5.87. The molecule has 3 atom stereocenters. The topological polar surface area (TPSA) is 92.3 Å². The number of methoxy groups -OCH3 is 2. The molecule has 1 aliphatic heterocycles. The Balaban J connectivity index is 2.16. The highest BCUT2D eigenvalue weighted by atomic mass is 16.5. The molecule has 7 nitrogen and oxygen atoms in total. The lowest BCUT2D eigenvalue weighted by Crippen LogP contribution is -2.59. The third-order valence-corrected chi connectivity index (χ3v) is 4.49. The Bertz CT molecular complexity index is 876. The van der Waals surface area contributed by atoms with Gasteiger partial charge in [0, 0.05) is 12.1 Å². The molecular weight excluding hydrogens is 334 g/mol. The molecule has 0 unspecified atom stereocenters. The van der Waals surface area contributed by atoms with Gasteiger partial charge in [-0.05, 0) is 17.7 Å². The van der Waals surface area contributed by atoms with Gasteiger partial charge < -0.3 is 9.47 Å². The van der Waals surface area contributed by atoms with Crippen LogP contribution in [0.3, 0.4) is 0 Å². The summed E-state index contributed by atoms with van der Waals surface area (Å²) in [5.41, 5.74) is 0.652. The number of rotatable bonds is 4. The maximum Gasteiger partial charge on any atom is 0.296 e. The Hall–Kier alpha value is -3.40. The van der Waals surface area contributed by atoms with Crippen molar-refractivity contribution in [3.05, 3.63) is 54.4 Å². The highest BCUT2D eigenvalue weighted by Crippen LogP contribution is 2.39. The summed E-state index contributed by atoms with van der Waals surface area (Å²) in [5, 5.41) is 11.9. The lowest BCUT2D eigenvalue weighted by atomic mass is 9.77. The van der Waals surface area contributed by atoms with E-state index in [1.807, 2.05) is 12.1 Å². The van der Waals surface area contributed by atoms with E-state index in [2.05, 4.69) is 5.32 Å². The molecule has 1 saturated heterocycles. The first kappa shape index (κ1) is 17.4. The van der Waals surface area contributed by atoms with E-state index in [1.54, 1.807) is 47.3 Å². The van der Waals surface area contributed by atoms with Crippen LogP contribution in [0.2, 0.25) is 0 Å². The second-order valence-electron chi connectivity index (χ2n) is 5.87. The fourth-order valence-electron chi connectivity index (χ4n) is 3.27. The molecule has 0 radical (unpaired) electrons. The maximum atomic E-state index is 12.6. The number of piperidine rings is 1. The molecule has 0 spiro atoms. The molecule has 1 N–H and O–H groups in total. The molecule has 1 aliphatic rings. The van der Waals surface area contributed by atoms with E-state index in [0.29, 0.717) is 17.1 Å². The van der Waals surface area contributed by atoms with Crippen LogP contribution in [0.15, 0.2) is 48.8 Å². The first-order valence-corrected chi connectivity index (χ1v) is 8.02. The average Bonchev–Trinajstić information content (AvgIpc) is 2.67. The van der Waals surface area contributed by atoms with Crippen molar-refractivity contribution in [2.24, 2.45) is 5.92 Å². The summed E-state index contributed by atoms with van der Waals surface area (Å²) < 4.78 is 12.3. The van der Waals surface area contributed by atoms with Gasteiger partial charge in [-0.25, -0.2) is 0 Å². The van der Waals surface area contributed by atoms with Crippen molar-refractivity contribution in [3.8, 4) is 17.6 Å². The molecule has 0 aliphatic carbocycles. The van der Waals surface area contributed by atoms with Gasteiger partial charge in [-0.15, -0.1) is 0 Å². The molecule has 3 rings (SSSR count). The highest BCUT2D eigenvalue weighted by Gasteiger charge is 2.50. The van der Waals surface area contributed by atoms with Crippen LogP contribution in [0, 0.1) is 17.2 Å². The summed E-state index contributed by atoms with van der Waals surface area (Å²) in [6.07, 6.45) is 3.48. The zero-order valence-electron chi connectivity index (χ0n) is 14.4. The number of nitrogens with one attached hydrogen (secondary N) is 1. The van der Waals surface area contributed by atoms with Gasteiger partial charge in [0.1, 0.15) is 5.92 Å². The van der Waals surface area contributed by atoms with Crippen molar-refractivity contribution in [1.82, 2.24) is 5.32 Å². The van der Waals surface area contributed by atoms with Gasteiger partial charge in [0.15, 0.2) is 23.9 Å². The number of aromatic nitrogens is 1. The zero-order chi connectivity index (χ0) is 18.7. The van der Waals surface area contributed by atoms with Crippen LogP contribution in [0.5, 0.6) is 11.5 Å². The van der Waals surface area contributed by atoms with Crippen molar-refractivity contribution < 1.29 is 23.6 Å². The van der Waals surface area contributed by atoms with Crippen LogP contribution < -0.4 is 19.4 Å². The van der Waals surface area contributed by atoms with E-state index in [1.165, 1.54) is 14.2 Å². The largest absolute Gasteiger partial charge is 0.493 e. The van der Waals surface area contributed by atoms with E-state index in [9.17, 15) is 14.9 Å². The number of hydrogen-bond acceptors (Lipinski definition) is 5. The molecule has 7 heteroatoms. The maximum absolute atomic E-state index is 12.6. The van der Waals surface area contributed by atoms with Crippen LogP contribution >= 0.6 is 0 Å². The van der Waals surface area contributed by atoms with Crippen molar-refractivity contribution >= 4 is 11.8 Å². The minimum atomic E-state index is -1.01. The van der Waals surface area contributed by atoms with Crippen molar-refractivity contribution in [1.29, 1.82) is 5.26 Å². The number of imide groups is 1. The number of nitrogens with zero attached hydrogens (tertiary/aromatic N) is 2. The number of nitriles is 1. The standard InChI is InChI=1S/C19H17N3O4/c1-25-14-7-6-12(10-15(14)26-2)16-13(11-20)18(23)21-19(24)17(16)22-8-4-3-5-9-22/h3-10,13,16-17H,1-2H3/p+1/t13-,16+,17-/m0/s1. The summed E-state index contributed by atoms with van der Waals surface area (Å²) in [4.78, 5) is 24.9. The highest BCUT2D eigenvalue weighted by molar-refractivity contribution is 6.02. The normalized spacial score (nSPS) is 22.3. The van der Waals surface area contributed by atoms with E-state index in [-0.39, 0.29) is 0 Å². The van der Waals surface area contributed by atoms with Crippen LogP contribution in [-0.2, 0) is 9.59 Å². The molecule has 2 aromatic rings. The third kappa shape index (κ3) is 2.97. The van der Waals surface area contributed by atoms with Crippen LogP contribution in [0.4, 0.5) is 0 Å². The van der Waals surface area contributed by atoms with Gasteiger partial charge in [-0.1, -0.05) is 12.1 Å². The fraction of sp³-hybridized carbons (Fsp3) is 0.263. The molecule has 0 bridgehead atoms. The Morgan fingerprint density at radius 3 is 2.35 bits per heavy atom. The van der Waals surface area contributed by atoms with Crippen LogP contribution in [0.1, 0.15) is 17.5 Å². The van der Waals surface area contributed by atoms with Gasteiger partial charge in [0.25, 0.3) is 5.91 Å². The van der Waals surface area contributed by atoms with E-state index >= 15 is 0 Å². The lowest BCUT2D eigenvalue weighted by Gasteiger charge is -2.30. The van der Waals surface area contributed by atoms with Gasteiger partial charge in [-0.2, -0.15) is 9.83 Å². The third-order valence-electron chi connectivity index (χ3n) is 4.49. The minimum absolute atomic E-state index is 0.447. The number of carbonyl (C=O) groups excluding carboxylic acids is 2. The molecular formula is C19H18N3O4+. The van der Waals surface area contributed by atoms with Gasteiger partial charge in [-0.3, -0.25) is 14.9 Å². The SMILES string of the molecule is COc1ccc([C@@H]2[C@H](C#N)C(=O)NC(=O)[C@H]2[n+]2ccccc2)cc1OC. The molecule has 1 aromatic heterocycles. The van der Waals surface area contributed by atoms with E-state index < -0.39 is 29.7 Å². The first-order chi connectivity index (χ1) is 12.6. The Morgan fingerprint density at radius 1 is 1.04 bits per heavy atom. The van der Waals surface area contributed by atoms with Gasteiger partial charge in [0.05, 0.1) is 26.2 Å². The number of carbonyl (C=O) groups is 2. The number of amides is 2. The summed E-state index contributed by atoms with van der Waals surface area (Å²) in [7, 11) is 3.03. The van der Waals surface area contributed by atoms with Crippen molar-refractivity contribution in [3.63, 3.8) is 0 Å². The molecule has 26 heavy (non-hydrogen) atoms. The summed E-state index contributed by atoms with van der Waals surface area (Å²) >= 11 is 0. The fourth-order valence-corrected chi connectivity index (χ4v) is 3.27. The number of benzene rings is 1. The quantitative estimate of drug-likeness (QED) is 0.657. The lowest BCUT2D eigenvalue weighted by molar-refractivity contribution is -0.713. The predicted octanol–water partition coefficient (Wildman–Crippen LogP) is 1.11. The van der Waals surface area contributed by atoms with Crippen molar-refractivity contribution in [2.45, 2.75) is 12.0 Å². The number of hydrogen-bond donors (Lipinski definition) is 1. The smallest absolute Gasteiger partial charge is 0.296 e. The molecule has 1 fully saturated rings. The molecule has 132 valence electrons. The Morgan fingerprint density at radius 2 is 1.73 bits per heavy atom. The van der Waals surface area contributed by atoms with E-state index in [0.717, 1.165) is 0 Å². The Labute approximate surface area is 150 Å². The van der Waals surface area contributed by atoms with Gasteiger partial charge in [0.2, 0.25) is 11.9 Å². The first-order valence-electron chi connectivity index (χ1n) is 8.02. The predicted molar refractivity (Wildman–Crippen MR) is 90.2 cm³/mol. The summed E-state index contributed by atoms with van der Waals surface area (Å²) in [6.45, 7) is 0. The monoisotopic (exact) mass is 352 g/mol. The summed E-state index contributed by atoms with van der Waals surface area (Å²) in [5.74, 6) is -1.71. The molecule has 1 aromatic carbocycles. The summed E-state index contributed by atoms with van der Waals surface area (Å²) in [6, 6.07) is 11.9. The van der Waals surface area contributed by atoms with Gasteiger partial charge >= 0.3 is 0 Å². The number of pyridine rings is 1. The van der Waals surface area contributed by atoms with E-state index in [4.69, 9.17) is 9.47 Å². The second kappa shape index (κ2) is 7.23. The van der Waals surface area contributed by atoms with Crippen LogP contribution in [-0.4, -0.2) is 26.0 Å². The van der Waals surface area contributed by atoms with Crippen LogP contribution in [0.25, 0.3) is 0 Å². The minimum Gasteiger partial charge on any atom is -0.493 e.